The number of benzene rings is 2. The Morgan fingerprint density at radius 2 is 1.89 bits per heavy atom. The van der Waals surface area contributed by atoms with Gasteiger partial charge in [-0.25, -0.2) is 9.37 Å². The van der Waals surface area contributed by atoms with Crippen LogP contribution >= 0.6 is 22.9 Å². The molecule has 232 valence electrons. The summed E-state index contributed by atoms with van der Waals surface area (Å²) < 4.78 is 42.1. The first kappa shape index (κ1) is 32.0. The topological polar surface area (TPSA) is 124 Å². The van der Waals surface area contributed by atoms with Crippen LogP contribution in [0, 0.1) is 17.7 Å². The predicted molar refractivity (Wildman–Crippen MR) is 169 cm³/mol. The Kier molecular flexibility index (Phi) is 10.3. The molecular formula is C30H32ClFN6O4S2. The number of likely N-dealkylation sites (tertiary alicyclic amines) is 1. The van der Waals surface area contributed by atoms with Crippen molar-refractivity contribution in [3.8, 4) is 22.4 Å². The lowest BCUT2D eigenvalue weighted by atomic mass is 10.1. The molecule has 5 rings (SSSR count). The first-order chi connectivity index (χ1) is 21.1. The van der Waals surface area contributed by atoms with Gasteiger partial charge in [-0.3, -0.25) is 14.5 Å². The van der Waals surface area contributed by atoms with Gasteiger partial charge in [0.1, 0.15) is 22.9 Å². The van der Waals surface area contributed by atoms with Crippen LogP contribution in [0.2, 0.25) is 5.02 Å². The minimum Gasteiger partial charge on any atom is -0.350 e. The molecule has 2 aromatic carbocycles. The lowest BCUT2D eigenvalue weighted by Gasteiger charge is -2.35. The molecule has 3 N–H and O–H groups in total. The van der Waals surface area contributed by atoms with Gasteiger partial charge in [-0.1, -0.05) is 42.0 Å². The number of likely N-dealkylation sites (N-methyl/N-ethyl adjacent to an activating group) is 1. The summed E-state index contributed by atoms with van der Waals surface area (Å²) in [4.78, 5) is 33.6. The number of halogens is 2. The average molecular weight is 659 g/mol. The Bertz CT molecular complexity index is 1680. The molecule has 2 amide bonds. The molecule has 2 aliphatic rings. The molecule has 3 heterocycles. The van der Waals surface area contributed by atoms with E-state index in [1.54, 1.807) is 6.20 Å². The zero-order valence-electron chi connectivity index (χ0n) is 24.0. The van der Waals surface area contributed by atoms with Gasteiger partial charge < -0.3 is 10.6 Å². The number of hydrogen-bond donors (Lipinski definition) is 3. The van der Waals surface area contributed by atoms with Gasteiger partial charge in [-0.15, -0.1) is 11.3 Å². The van der Waals surface area contributed by atoms with Crippen molar-refractivity contribution >= 4 is 50.6 Å². The molecule has 2 aliphatic heterocycles. The molecule has 2 atom stereocenters. The first-order valence-electron chi connectivity index (χ1n) is 14.1. The number of piperidine rings is 1. The molecule has 2 unspecified atom stereocenters. The van der Waals surface area contributed by atoms with E-state index in [2.05, 4.69) is 37.1 Å². The summed E-state index contributed by atoms with van der Waals surface area (Å²) in [5.41, 5.74) is 2.06. The third kappa shape index (κ3) is 8.01. The van der Waals surface area contributed by atoms with E-state index in [0.29, 0.717) is 0 Å². The van der Waals surface area contributed by atoms with Crippen molar-refractivity contribution in [3.05, 3.63) is 69.9 Å². The number of carbonyl (C=O) groups is 2. The molecule has 14 heteroatoms. The number of carbonyl (C=O) groups excluding carboxylic acids is 2. The van der Waals surface area contributed by atoms with Gasteiger partial charge in [0.25, 0.3) is 10.2 Å². The van der Waals surface area contributed by atoms with Crippen molar-refractivity contribution in [2.75, 3.05) is 32.0 Å². The Hall–Kier alpha value is -3.38. The van der Waals surface area contributed by atoms with Gasteiger partial charge in [0.05, 0.1) is 18.1 Å². The lowest BCUT2D eigenvalue weighted by Crippen LogP contribution is -2.62. The van der Waals surface area contributed by atoms with E-state index in [-0.39, 0.29) is 23.7 Å². The summed E-state index contributed by atoms with van der Waals surface area (Å²) >= 11 is 7.19. The molecule has 2 saturated heterocycles. The van der Waals surface area contributed by atoms with Crippen molar-refractivity contribution in [1.29, 1.82) is 0 Å². The van der Waals surface area contributed by atoms with Crippen LogP contribution in [0.3, 0.4) is 0 Å². The van der Waals surface area contributed by atoms with Crippen molar-refractivity contribution in [1.82, 2.24) is 24.2 Å². The first-order valence-corrected chi connectivity index (χ1v) is 16.8. The van der Waals surface area contributed by atoms with Gasteiger partial charge in [0.2, 0.25) is 11.8 Å². The minimum atomic E-state index is -4.13. The van der Waals surface area contributed by atoms with E-state index in [1.807, 2.05) is 24.3 Å². The highest BCUT2D eigenvalue weighted by atomic mass is 35.5. The summed E-state index contributed by atoms with van der Waals surface area (Å²) in [6.07, 6.45) is 5.32. The van der Waals surface area contributed by atoms with E-state index < -0.39 is 39.9 Å². The number of aromatic nitrogens is 1. The zero-order valence-corrected chi connectivity index (χ0v) is 26.4. The molecule has 0 radical (unpaired) electrons. The van der Waals surface area contributed by atoms with Crippen LogP contribution in [0.25, 0.3) is 10.6 Å². The minimum absolute atomic E-state index is 0.121. The molecule has 2 fully saturated rings. The summed E-state index contributed by atoms with van der Waals surface area (Å²) in [7, 11) is -2.89. The number of amides is 2. The van der Waals surface area contributed by atoms with Crippen LogP contribution in [0.1, 0.15) is 36.1 Å². The fourth-order valence-electron chi connectivity index (χ4n) is 4.97. The Labute approximate surface area is 265 Å². The van der Waals surface area contributed by atoms with Crippen LogP contribution in [-0.2, 0) is 26.3 Å². The van der Waals surface area contributed by atoms with E-state index in [1.165, 1.54) is 49.8 Å². The Balaban J connectivity index is 1.16. The van der Waals surface area contributed by atoms with Gasteiger partial charge in [0, 0.05) is 34.9 Å². The van der Waals surface area contributed by atoms with Gasteiger partial charge in [-0.05, 0) is 62.7 Å². The monoisotopic (exact) mass is 658 g/mol. The maximum absolute atomic E-state index is 13.5. The SMILES string of the molecule is CN1C(C(=O)Nc2ccc(F)c(Cl)c2)CC(C(=O)NCc2cnc(-c3ccc(C#CCN4CCCCC4)cc3)s2)NS1(=O)=O. The quantitative estimate of drug-likeness (QED) is 0.334. The number of thiazole rings is 1. The number of nitrogens with one attached hydrogen (secondary N) is 3. The summed E-state index contributed by atoms with van der Waals surface area (Å²) in [6.45, 7) is 3.14. The predicted octanol–water partition coefficient (Wildman–Crippen LogP) is 3.60. The summed E-state index contributed by atoms with van der Waals surface area (Å²) in [5, 5.41) is 5.87. The summed E-state index contributed by atoms with van der Waals surface area (Å²) in [5.74, 6) is 4.57. The maximum Gasteiger partial charge on any atom is 0.280 e. The Morgan fingerprint density at radius 1 is 1.14 bits per heavy atom. The lowest BCUT2D eigenvalue weighted by molar-refractivity contribution is -0.124. The number of anilines is 1. The number of rotatable bonds is 7. The zero-order chi connectivity index (χ0) is 31.3. The second-order valence-electron chi connectivity index (χ2n) is 10.6. The molecule has 1 aromatic heterocycles. The largest absolute Gasteiger partial charge is 0.350 e. The van der Waals surface area contributed by atoms with E-state index >= 15 is 0 Å². The van der Waals surface area contributed by atoms with Crippen molar-refractivity contribution in [2.24, 2.45) is 0 Å². The highest BCUT2D eigenvalue weighted by Crippen LogP contribution is 2.26. The maximum atomic E-state index is 13.5. The van der Waals surface area contributed by atoms with E-state index in [0.717, 1.165) is 51.0 Å². The van der Waals surface area contributed by atoms with Gasteiger partial charge in [-0.2, -0.15) is 17.4 Å². The second-order valence-corrected chi connectivity index (χ2v) is 13.9. The van der Waals surface area contributed by atoms with Crippen LogP contribution < -0.4 is 15.4 Å². The molecule has 0 bridgehead atoms. The average Bonchev–Trinajstić information content (AvgIpc) is 3.49. The number of nitrogens with zero attached hydrogens (tertiary/aromatic N) is 3. The van der Waals surface area contributed by atoms with Crippen molar-refractivity contribution < 1.29 is 22.4 Å². The fourth-order valence-corrected chi connectivity index (χ4v) is 7.25. The Morgan fingerprint density at radius 3 is 2.61 bits per heavy atom. The van der Waals surface area contributed by atoms with Crippen LogP contribution in [0.4, 0.5) is 10.1 Å². The van der Waals surface area contributed by atoms with Crippen LogP contribution in [0.5, 0.6) is 0 Å². The summed E-state index contributed by atoms with van der Waals surface area (Å²) in [6, 6.07) is 9.10. The third-order valence-electron chi connectivity index (χ3n) is 7.48. The molecule has 0 saturated carbocycles. The van der Waals surface area contributed by atoms with Gasteiger partial charge in [0.15, 0.2) is 0 Å². The smallest absolute Gasteiger partial charge is 0.280 e. The van der Waals surface area contributed by atoms with E-state index in [4.69, 9.17) is 11.6 Å². The normalized spacial score (nSPS) is 20.3. The highest BCUT2D eigenvalue weighted by molar-refractivity contribution is 7.87. The standard InChI is InChI=1S/C30H32ClFN6O4S2/c1-37-27(29(40)35-22-11-12-25(32)24(31)16-22)17-26(36-44(37,41)42)28(39)33-18-23-19-34-30(43-23)21-9-7-20(8-10-21)6-5-15-38-13-3-2-4-14-38/h7-12,16,19,26-27,36H,2-4,13-15,17-18H2,1H3,(H,33,39)(H,35,40). The molecule has 10 nitrogen and oxygen atoms in total. The fraction of sp³-hybridized carbons (Fsp3) is 0.367. The molecular weight excluding hydrogens is 627 g/mol. The molecule has 0 spiro atoms. The second kappa shape index (κ2) is 14.2. The van der Waals surface area contributed by atoms with Crippen molar-refractivity contribution in [2.45, 2.75) is 44.3 Å². The molecule has 0 aliphatic carbocycles. The number of hydrogen-bond acceptors (Lipinski definition) is 7. The van der Waals surface area contributed by atoms with Crippen LogP contribution in [-0.4, -0.2) is 73.2 Å². The van der Waals surface area contributed by atoms with E-state index in [9.17, 15) is 22.4 Å². The highest BCUT2D eigenvalue weighted by Gasteiger charge is 2.42. The van der Waals surface area contributed by atoms with Crippen molar-refractivity contribution in [3.63, 3.8) is 0 Å². The third-order valence-corrected chi connectivity index (χ3v) is 10.4. The molecule has 3 aromatic rings. The molecule has 44 heavy (non-hydrogen) atoms. The van der Waals surface area contributed by atoms with Gasteiger partial charge >= 0.3 is 0 Å². The van der Waals surface area contributed by atoms with Crippen LogP contribution in [0.15, 0.2) is 48.7 Å².